The van der Waals surface area contributed by atoms with Crippen LogP contribution in [0.15, 0.2) is 17.0 Å². The molecule has 2 rings (SSSR count). The normalized spacial score (nSPS) is 20.0. The molecule has 7 nitrogen and oxygen atoms in total. The molecule has 1 heterocycles. The van der Waals surface area contributed by atoms with Crippen molar-refractivity contribution in [3.05, 3.63) is 17.9 Å². The molecule has 1 aromatic rings. The van der Waals surface area contributed by atoms with E-state index in [0.717, 1.165) is 16.4 Å². The van der Waals surface area contributed by atoms with Crippen LogP contribution in [-0.2, 0) is 14.8 Å². The number of morpholine rings is 1. The highest BCUT2D eigenvalue weighted by Gasteiger charge is 2.31. The molecule has 1 atom stereocenters. The van der Waals surface area contributed by atoms with Crippen LogP contribution in [0.5, 0.6) is 5.75 Å². The number of sulfonamides is 1. The van der Waals surface area contributed by atoms with E-state index in [2.05, 4.69) is 0 Å². The minimum Gasteiger partial charge on any atom is -0.492 e. The zero-order chi connectivity index (χ0) is 15.6. The van der Waals surface area contributed by atoms with E-state index in [1.54, 1.807) is 0 Å². The monoisotopic (exact) mass is 315 g/mol. The first-order valence-corrected chi connectivity index (χ1v) is 7.48. The van der Waals surface area contributed by atoms with Gasteiger partial charge in [-0.2, -0.15) is 9.57 Å². The van der Waals surface area contributed by atoms with E-state index in [-0.39, 0.29) is 36.0 Å². The van der Waals surface area contributed by atoms with Gasteiger partial charge in [-0.3, -0.25) is 0 Å². The summed E-state index contributed by atoms with van der Waals surface area (Å²) in [5, 5.41) is 8.81. The summed E-state index contributed by atoms with van der Waals surface area (Å²) in [7, 11) is -2.71. The van der Waals surface area contributed by atoms with Gasteiger partial charge in [-0.05, 0) is 12.1 Å². The maximum atomic E-state index is 13.8. The minimum absolute atomic E-state index is 0.0913. The second-order valence-electron chi connectivity index (χ2n) is 4.38. The zero-order valence-corrected chi connectivity index (χ0v) is 12.1. The lowest BCUT2D eigenvalue weighted by Crippen LogP contribution is -2.45. The van der Waals surface area contributed by atoms with Gasteiger partial charge in [0.15, 0.2) is 17.7 Å². The van der Waals surface area contributed by atoms with Gasteiger partial charge in [0, 0.05) is 6.54 Å². The summed E-state index contributed by atoms with van der Waals surface area (Å²) >= 11 is 0. The maximum Gasteiger partial charge on any atom is 0.243 e. The summed E-state index contributed by atoms with van der Waals surface area (Å²) < 4.78 is 49.6. The van der Waals surface area contributed by atoms with Crippen molar-refractivity contribution in [3.63, 3.8) is 0 Å². The third-order valence-electron chi connectivity index (χ3n) is 3.06. The Hall–Kier alpha value is -1.89. The molecule has 0 saturated carbocycles. The van der Waals surface area contributed by atoms with E-state index in [9.17, 15) is 12.8 Å². The SMILES string of the molecule is COc1c(N)cc(S(=O)(=O)N2CCOC(C#N)C2)cc1F. The van der Waals surface area contributed by atoms with Gasteiger partial charge in [0.2, 0.25) is 10.0 Å². The summed E-state index contributed by atoms with van der Waals surface area (Å²) in [4.78, 5) is -0.281. The fraction of sp³-hybridized carbons (Fsp3) is 0.417. The molecule has 1 fully saturated rings. The van der Waals surface area contributed by atoms with Gasteiger partial charge >= 0.3 is 0 Å². The van der Waals surface area contributed by atoms with Gasteiger partial charge in [0.25, 0.3) is 0 Å². The lowest BCUT2D eigenvalue weighted by Gasteiger charge is -2.29. The fourth-order valence-corrected chi connectivity index (χ4v) is 3.50. The van der Waals surface area contributed by atoms with Gasteiger partial charge < -0.3 is 15.2 Å². The van der Waals surface area contributed by atoms with Gasteiger partial charge in [-0.25, -0.2) is 12.8 Å². The lowest BCUT2D eigenvalue weighted by atomic mass is 10.3. The average molecular weight is 315 g/mol. The Bertz CT molecular complexity index is 663. The summed E-state index contributed by atoms with van der Waals surface area (Å²) in [6.07, 6.45) is -0.839. The van der Waals surface area contributed by atoms with Gasteiger partial charge in [0.1, 0.15) is 0 Å². The Balaban J connectivity index is 2.38. The smallest absolute Gasteiger partial charge is 0.243 e. The number of halogens is 1. The first-order chi connectivity index (χ1) is 9.90. The largest absolute Gasteiger partial charge is 0.492 e. The number of ether oxygens (including phenoxy) is 2. The summed E-state index contributed by atoms with van der Waals surface area (Å²) in [5.74, 6) is -1.06. The van der Waals surface area contributed by atoms with E-state index >= 15 is 0 Å². The number of hydrogen-bond acceptors (Lipinski definition) is 6. The van der Waals surface area contributed by atoms with Crippen LogP contribution in [0.25, 0.3) is 0 Å². The maximum absolute atomic E-state index is 13.8. The Kier molecular flexibility index (Phi) is 4.32. The number of nitriles is 1. The molecule has 21 heavy (non-hydrogen) atoms. The predicted octanol–water partition coefficient (Wildman–Crippen LogP) is 0.330. The number of hydrogen-bond donors (Lipinski definition) is 1. The molecule has 0 spiro atoms. The molecule has 1 unspecified atom stereocenters. The highest BCUT2D eigenvalue weighted by Crippen LogP contribution is 2.30. The second kappa shape index (κ2) is 5.85. The molecule has 2 N–H and O–H groups in total. The number of nitrogens with two attached hydrogens (primary N) is 1. The molecule has 1 aliphatic rings. The van der Waals surface area contributed by atoms with Crippen molar-refractivity contribution >= 4 is 15.7 Å². The number of rotatable bonds is 3. The van der Waals surface area contributed by atoms with Crippen LogP contribution in [0.4, 0.5) is 10.1 Å². The molecule has 0 aromatic heterocycles. The standard InChI is InChI=1S/C12H14FN3O4S/c1-19-12-10(13)4-9(5-11(12)15)21(17,18)16-2-3-20-8(6-14)7-16/h4-5,8H,2-3,7,15H2,1H3. The summed E-state index contributed by atoms with van der Waals surface area (Å²) in [5.41, 5.74) is 5.48. The first kappa shape index (κ1) is 15.5. The number of nitrogen functional groups attached to an aromatic ring is 1. The molecule has 1 aromatic carbocycles. The van der Waals surface area contributed by atoms with Crippen molar-refractivity contribution in [1.82, 2.24) is 4.31 Å². The highest BCUT2D eigenvalue weighted by molar-refractivity contribution is 7.89. The van der Waals surface area contributed by atoms with Gasteiger partial charge in [0.05, 0.1) is 36.9 Å². The van der Waals surface area contributed by atoms with E-state index < -0.39 is 21.9 Å². The fourth-order valence-electron chi connectivity index (χ4n) is 2.02. The second-order valence-corrected chi connectivity index (χ2v) is 6.32. The van der Waals surface area contributed by atoms with Crippen LogP contribution in [0.3, 0.4) is 0 Å². The van der Waals surface area contributed by atoms with Gasteiger partial charge in [-0.15, -0.1) is 0 Å². The van der Waals surface area contributed by atoms with E-state index in [1.165, 1.54) is 7.11 Å². The number of anilines is 1. The summed E-state index contributed by atoms with van der Waals surface area (Å²) in [6.45, 7) is 0.0893. The molecule has 1 aliphatic heterocycles. The van der Waals surface area contributed by atoms with E-state index in [1.807, 2.05) is 6.07 Å². The lowest BCUT2D eigenvalue weighted by molar-refractivity contribution is 0.0311. The zero-order valence-electron chi connectivity index (χ0n) is 11.2. The van der Waals surface area contributed by atoms with Crippen molar-refractivity contribution in [3.8, 4) is 11.8 Å². The molecule has 9 heteroatoms. The molecule has 0 bridgehead atoms. The highest BCUT2D eigenvalue weighted by atomic mass is 32.2. The Morgan fingerprint density at radius 1 is 1.57 bits per heavy atom. The van der Waals surface area contributed by atoms with Crippen molar-refractivity contribution in [2.24, 2.45) is 0 Å². The number of nitrogens with zero attached hydrogens (tertiary/aromatic N) is 2. The van der Waals surface area contributed by atoms with E-state index in [0.29, 0.717) is 0 Å². The molecule has 0 aliphatic carbocycles. The quantitative estimate of drug-likeness (QED) is 0.806. The molecule has 0 amide bonds. The van der Waals surface area contributed by atoms with Crippen molar-refractivity contribution in [1.29, 1.82) is 5.26 Å². The van der Waals surface area contributed by atoms with Gasteiger partial charge in [-0.1, -0.05) is 0 Å². The molecule has 0 radical (unpaired) electrons. The Morgan fingerprint density at radius 3 is 2.86 bits per heavy atom. The molecule has 1 saturated heterocycles. The molecular weight excluding hydrogens is 301 g/mol. The van der Waals surface area contributed by atoms with Crippen LogP contribution >= 0.6 is 0 Å². The third kappa shape index (κ3) is 2.92. The predicted molar refractivity (Wildman–Crippen MR) is 71.5 cm³/mol. The number of benzene rings is 1. The van der Waals surface area contributed by atoms with Crippen LogP contribution in [-0.4, -0.2) is 45.6 Å². The third-order valence-corrected chi connectivity index (χ3v) is 4.90. The van der Waals surface area contributed by atoms with Crippen molar-refractivity contribution in [2.75, 3.05) is 32.5 Å². The molecule has 114 valence electrons. The van der Waals surface area contributed by atoms with Crippen LogP contribution in [0, 0.1) is 17.1 Å². The van der Waals surface area contributed by atoms with Crippen LogP contribution in [0.1, 0.15) is 0 Å². The van der Waals surface area contributed by atoms with Crippen LogP contribution < -0.4 is 10.5 Å². The average Bonchev–Trinajstić information content (AvgIpc) is 2.47. The minimum atomic E-state index is -3.95. The molecular formula is C12H14FN3O4S. The Morgan fingerprint density at radius 2 is 2.29 bits per heavy atom. The van der Waals surface area contributed by atoms with Crippen LogP contribution in [0.2, 0.25) is 0 Å². The first-order valence-electron chi connectivity index (χ1n) is 6.04. The van der Waals surface area contributed by atoms with Crippen molar-refractivity contribution in [2.45, 2.75) is 11.0 Å². The summed E-state index contributed by atoms with van der Waals surface area (Å²) in [6, 6.07) is 3.83. The number of methoxy groups -OCH3 is 1. The Labute approximate surface area is 121 Å². The van der Waals surface area contributed by atoms with E-state index in [4.69, 9.17) is 20.5 Å². The topological polar surface area (TPSA) is 106 Å². The van der Waals surface area contributed by atoms with Crippen molar-refractivity contribution < 1.29 is 22.3 Å².